The molecule has 8 heteroatoms. The van der Waals surface area contributed by atoms with Crippen molar-refractivity contribution in [3.63, 3.8) is 0 Å². The van der Waals surface area contributed by atoms with Gasteiger partial charge in [-0.2, -0.15) is 9.61 Å². The number of halogens is 1. The number of hydrogen-bond donors (Lipinski definition) is 2. The first-order chi connectivity index (χ1) is 14.7. The van der Waals surface area contributed by atoms with Crippen molar-refractivity contribution in [3.8, 4) is 11.1 Å². The summed E-state index contributed by atoms with van der Waals surface area (Å²) in [6, 6.07) is 10.6. The van der Waals surface area contributed by atoms with Crippen LogP contribution in [0.4, 0.5) is 5.82 Å². The molecule has 1 fully saturated rings. The molecule has 0 spiro atoms. The fourth-order valence-electron chi connectivity index (χ4n) is 3.93. The van der Waals surface area contributed by atoms with Gasteiger partial charge in [0.2, 0.25) is 0 Å². The maximum atomic E-state index is 6.38. The van der Waals surface area contributed by atoms with Crippen LogP contribution in [0.25, 0.3) is 27.7 Å². The summed E-state index contributed by atoms with van der Waals surface area (Å²) in [5.74, 6) is 0.543. The largest absolute Gasteiger partial charge is 0.383 e. The topological polar surface area (TPSA) is 90.4 Å². The zero-order chi connectivity index (χ0) is 20.5. The lowest BCUT2D eigenvalue weighted by atomic mass is 10.1. The Morgan fingerprint density at radius 2 is 2.10 bits per heavy atom. The van der Waals surface area contributed by atoms with Gasteiger partial charge in [-0.15, -0.1) is 0 Å². The van der Waals surface area contributed by atoms with Gasteiger partial charge in [-0.3, -0.25) is 4.98 Å². The maximum absolute atomic E-state index is 6.38. The monoisotopic (exact) mass is 466 g/mol. The summed E-state index contributed by atoms with van der Waals surface area (Å²) in [5, 5.41) is 9.17. The number of ether oxygens (including phenoxy) is 1. The van der Waals surface area contributed by atoms with E-state index in [-0.39, 0.29) is 0 Å². The summed E-state index contributed by atoms with van der Waals surface area (Å²) in [6.07, 6.45) is 6.86. The molecule has 3 aromatic heterocycles. The van der Waals surface area contributed by atoms with E-state index in [1.807, 2.05) is 24.4 Å². The van der Waals surface area contributed by atoms with Gasteiger partial charge >= 0.3 is 0 Å². The number of hydrogen-bond acceptors (Lipinski definition) is 6. The molecule has 1 aliphatic rings. The molecule has 0 bridgehead atoms. The van der Waals surface area contributed by atoms with Gasteiger partial charge in [0.15, 0.2) is 5.65 Å². The van der Waals surface area contributed by atoms with Crippen LogP contribution in [0.3, 0.4) is 0 Å². The molecule has 1 atom stereocenters. The predicted octanol–water partition coefficient (Wildman–Crippen LogP) is 3.95. The van der Waals surface area contributed by atoms with Gasteiger partial charge in [-0.25, -0.2) is 4.98 Å². The molecule has 0 saturated carbocycles. The number of nitrogens with two attached hydrogens (primary N) is 1. The first-order valence-corrected chi connectivity index (χ1v) is 11.0. The van der Waals surface area contributed by atoms with E-state index in [2.05, 4.69) is 43.5 Å². The second-order valence-electron chi connectivity index (χ2n) is 7.59. The molecule has 7 nitrogen and oxygen atoms in total. The van der Waals surface area contributed by atoms with Crippen molar-refractivity contribution >= 4 is 38.3 Å². The zero-order valence-corrected chi connectivity index (χ0v) is 18.1. The molecular weight excluding hydrogens is 444 g/mol. The smallest absolute Gasteiger partial charge is 0.165 e. The van der Waals surface area contributed by atoms with Crippen LogP contribution in [-0.4, -0.2) is 38.8 Å². The van der Waals surface area contributed by atoms with Gasteiger partial charge in [0.1, 0.15) is 5.82 Å². The van der Waals surface area contributed by atoms with E-state index < -0.39 is 0 Å². The number of nitrogens with one attached hydrogen (secondary N) is 1. The average Bonchev–Trinajstić information content (AvgIpc) is 3.02. The third kappa shape index (κ3) is 3.66. The van der Waals surface area contributed by atoms with Crippen LogP contribution in [0.2, 0.25) is 0 Å². The molecule has 1 unspecified atom stereocenters. The summed E-state index contributed by atoms with van der Waals surface area (Å²) in [4.78, 5) is 9.50. The van der Waals surface area contributed by atoms with Crippen molar-refractivity contribution in [3.05, 3.63) is 52.9 Å². The van der Waals surface area contributed by atoms with Crippen molar-refractivity contribution in [2.45, 2.75) is 31.8 Å². The molecule has 3 N–H and O–H groups in total. The number of rotatable bonds is 4. The molecule has 1 aliphatic heterocycles. The van der Waals surface area contributed by atoms with Crippen LogP contribution in [0.5, 0.6) is 0 Å². The molecule has 4 aromatic rings. The molecule has 4 heterocycles. The van der Waals surface area contributed by atoms with E-state index in [1.54, 1.807) is 10.7 Å². The number of para-hydroxylation sites is 1. The van der Waals surface area contributed by atoms with Crippen molar-refractivity contribution < 1.29 is 4.74 Å². The third-order valence-corrected chi connectivity index (χ3v) is 6.47. The molecule has 0 aliphatic carbocycles. The Labute approximate surface area is 182 Å². The highest BCUT2D eigenvalue weighted by Gasteiger charge is 2.18. The van der Waals surface area contributed by atoms with E-state index >= 15 is 0 Å². The van der Waals surface area contributed by atoms with Crippen LogP contribution in [0.15, 0.2) is 47.2 Å². The van der Waals surface area contributed by atoms with E-state index in [1.165, 1.54) is 0 Å². The lowest BCUT2D eigenvalue weighted by Crippen LogP contribution is -2.29. The highest BCUT2D eigenvalue weighted by molar-refractivity contribution is 9.10. The highest BCUT2D eigenvalue weighted by Crippen LogP contribution is 2.30. The van der Waals surface area contributed by atoms with Crippen molar-refractivity contribution in [1.82, 2.24) is 24.9 Å². The van der Waals surface area contributed by atoms with Crippen molar-refractivity contribution in [1.29, 1.82) is 0 Å². The number of nitrogens with zero attached hydrogens (tertiary/aromatic N) is 4. The number of anilines is 1. The SMILES string of the molecule is Nc1c(Br)c(CNC2CCCOCC2)nc2c(-c3cnc4ccccc4c3)cnn12. The van der Waals surface area contributed by atoms with Gasteiger partial charge in [-0.1, -0.05) is 18.2 Å². The van der Waals surface area contributed by atoms with E-state index in [0.717, 1.165) is 70.3 Å². The zero-order valence-electron chi connectivity index (χ0n) is 16.5. The standard InChI is InChI=1S/C22H23BrN6O/c23-20-19(13-25-16-5-3-8-30-9-7-16)28-22-17(12-27-29(22)21(20)24)15-10-14-4-1-2-6-18(14)26-11-15/h1-2,4,6,10-12,16,25H,3,5,7-9,13,24H2. The van der Waals surface area contributed by atoms with E-state index in [9.17, 15) is 0 Å². The van der Waals surface area contributed by atoms with Gasteiger partial charge < -0.3 is 15.8 Å². The molecule has 5 rings (SSSR count). The summed E-state index contributed by atoms with van der Waals surface area (Å²) >= 11 is 3.61. The second-order valence-corrected chi connectivity index (χ2v) is 8.38. The minimum atomic E-state index is 0.424. The minimum Gasteiger partial charge on any atom is -0.383 e. The molecule has 0 radical (unpaired) electrons. The molecule has 1 saturated heterocycles. The lowest BCUT2D eigenvalue weighted by Gasteiger charge is -2.16. The Morgan fingerprint density at radius 3 is 3.03 bits per heavy atom. The van der Waals surface area contributed by atoms with Crippen molar-refractivity contribution in [2.75, 3.05) is 18.9 Å². The molecule has 1 aromatic carbocycles. The highest BCUT2D eigenvalue weighted by atomic mass is 79.9. The van der Waals surface area contributed by atoms with Crippen LogP contribution < -0.4 is 11.1 Å². The van der Waals surface area contributed by atoms with Crippen LogP contribution in [0.1, 0.15) is 25.0 Å². The van der Waals surface area contributed by atoms with E-state index in [0.29, 0.717) is 18.4 Å². The van der Waals surface area contributed by atoms with Gasteiger partial charge in [0.25, 0.3) is 0 Å². The van der Waals surface area contributed by atoms with E-state index in [4.69, 9.17) is 15.5 Å². The van der Waals surface area contributed by atoms with Crippen molar-refractivity contribution in [2.24, 2.45) is 0 Å². The number of nitrogen functional groups attached to an aromatic ring is 1. The van der Waals surface area contributed by atoms with Crippen LogP contribution in [-0.2, 0) is 11.3 Å². The van der Waals surface area contributed by atoms with Crippen LogP contribution in [0, 0.1) is 0 Å². The third-order valence-electron chi connectivity index (χ3n) is 5.60. The Morgan fingerprint density at radius 1 is 1.20 bits per heavy atom. The Balaban J connectivity index is 1.50. The average molecular weight is 467 g/mol. The molecule has 30 heavy (non-hydrogen) atoms. The molecule has 154 valence electrons. The normalized spacial score (nSPS) is 17.4. The Hall–Kier alpha value is -2.55. The maximum Gasteiger partial charge on any atom is 0.165 e. The quantitative estimate of drug-likeness (QED) is 0.473. The fraction of sp³-hybridized carbons (Fsp3) is 0.318. The summed E-state index contributed by atoms with van der Waals surface area (Å²) < 4.78 is 8.01. The summed E-state index contributed by atoms with van der Waals surface area (Å²) in [7, 11) is 0. The molecular formula is C22H23BrN6O. The molecule has 0 amide bonds. The number of fused-ring (bicyclic) bond motifs is 2. The van der Waals surface area contributed by atoms with Gasteiger partial charge in [0, 0.05) is 48.5 Å². The number of pyridine rings is 1. The van der Waals surface area contributed by atoms with Gasteiger partial charge in [-0.05, 0) is 47.3 Å². The first kappa shape index (κ1) is 19.4. The van der Waals surface area contributed by atoms with Gasteiger partial charge in [0.05, 0.1) is 21.9 Å². The lowest BCUT2D eigenvalue weighted by molar-refractivity contribution is 0.142. The number of benzene rings is 1. The predicted molar refractivity (Wildman–Crippen MR) is 121 cm³/mol. The first-order valence-electron chi connectivity index (χ1n) is 10.2. The summed E-state index contributed by atoms with van der Waals surface area (Å²) in [5.41, 5.74) is 10.8. The Bertz CT molecular complexity index is 1200. The minimum absolute atomic E-state index is 0.424. The van der Waals surface area contributed by atoms with Crippen LogP contribution >= 0.6 is 15.9 Å². The second kappa shape index (κ2) is 8.29. The summed E-state index contributed by atoms with van der Waals surface area (Å²) in [6.45, 7) is 2.28. The number of aromatic nitrogens is 4. The fourth-order valence-corrected chi connectivity index (χ4v) is 4.33. The Kier molecular flexibility index (Phi) is 5.37.